The lowest BCUT2D eigenvalue weighted by Crippen LogP contribution is -2.46. The number of hydrogen-bond acceptors (Lipinski definition) is 5. The van der Waals surface area contributed by atoms with Crippen molar-refractivity contribution in [3.8, 4) is 0 Å². The number of cyclic esters (lactones) is 1. The van der Waals surface area contributed by atoms with E-state index in [-0.39, 0.29) is 17.3 Å². The molecule has 1 N–H and O–H groups in total. The molecule has 0 saturated carbocycles. The molecule has 1 saturated heterocycles. The second kappa shape index (κ2) is 5.52. The van der Waals surface area contributed by atoms with E-state index in [0.717, 1.165) is 23.5 Å². The minimum Gasteiger partial charge on any atom is -0.463 e. The van der Waals surface area contributed by atoms with Crippen LogP contribution in [0.15, 0.2) is 0 Å². The summed E-state index contributed by atoms with van der Waals surface area (Å²) in [6.45, 7) is 8.05. The SMILES string of the molecule is CCCc1nc(C)c(C(=O)N[C@@H]2C(=O)OCC2(C)C)s1. The van der Waals surface area contributed by atoms with E-state index in [1.54, 1.807) is 0 Å². The van der Waals surface area contributed by atoms with Crippen LogP contribution in [0.4, 0.5) is 0 Å². The molecule has 1 aliphatic heterocycles. The third-order valence-corrected chi connectivity index (χ3v) is 4.61. The normalized spacial score (nSPS) is 20.8. The Balaban J connectivity index is 2.14. The van der Waals surface area contributed by atoms with E-state index in [2.05, 4.69) is 17.2 Å². The van der Waals surface area contributed by atoms with Crippen molar-refractivity contribution in [1.82, 2.24) is 10.3 Å². The van der Waals surface area contributed by atoms with Crippen molar-refractivity contribution in [3.63, 3.8) is 0 Å². The third kappa shape index (κ3) is 2.85. The lowest BCUT2D eigenvalue weighted by Gasteiger charge is -2.22. The maximum atomic E-state index is 12.3. The van der Waals surface area contributed by atoms with E-state index in [0.29, 0.717) is 11.5 Å². The molecule has 5 nitrogen and oxygen atoms in total. The molecule has 1 aromatic rings. The number of nitrogens with one attached hydrogen (secondary N) is 1. The summed E-state index contributed by atoms with van der Waals surface area (Å²) >= 11 is 1.40. The van der Waals surface area contributed by atoms with E-state index >= 15 is 0 Å². The van der Waals surface area contributed by atoms with Crippen molar-refractivity contribution in [2.45, 2.75) is 46.6 Å². The van der Waals surface area contributed by atoms with Crippen molar-refractivity contribution in [2.75, 3.05) is 6.61 Å². The van der Waals surface area contributed by atoms with Crippen LogP contribution < -0.4 is 5.32 Å². The van der Waals surface area contributed by atoms with Gasteiger partial charge in [-0.05, 0) is 19.8 Å². The Kier molecular flexibility index (Phi) is 4.13. The van der Waals surface area contributed by atoms with Crippen molar-refractivity contribution in [2.24, 2.45) is 5.41 Å². The Labute approximate surface area is 122 Å². The lowest BCUT2D eigenvalue weighted by molar-refractivity contribution is -0.139. The van der Waals surface area contributed by atoms with Crippen LogP contribution in [0, 0.1) is 12.3 Å². The fraction of sp³-hybridized carbons (Fsp3) is 0.643. The summed E-state index contributed by atoms with van der Waals surface area (Å²) in [6, 6.07) is -0.592. The minimum atomic E-state index is -0.592. The van der Waals surface area contributed by atoms with Gasteiger partial charge in [-0.15, -0.1) is 11.3 Å². The summed E-state index contributed by atoms with van der Waals surface area (Å²) in [6.07, 6.45) is 1.87. The molecule has 0 bridgehead atoms. The van der Waals surface area contributed by atoms with Gasteiger partial charge in [-0.25, -0.2) is 9.78 Å². The van der Waals surface area contributed by atoms with Crippen molar-refractivity contribution < 1.29 is 14.3 Å². The van der Waals surface area contributed by atoms with Gasteiger partial charge in [0.15, 0.2) is 0 Å². The second-order valence-corrected chi connectivity index (χ2v) is 6.86. The van der Waals surface area contributed by atoms with Crippen LogP contribution in [0.3, 0.4) is 0 Å². The van der Waals surface area contributed by atoms with Gasteiger partial charge in [0.1, 0.15) is 10.9 Å². The summed E-state index contributed by atoms with van der Waals surface area (Å²) in [5.41, 5.74) is 0.345. The van der Waals surface area contributed by atoms with Crippen LogP contribution in [-0.4, -0.2) is 29.5 Å². The molecular weight excluding hydrogens is 276 g/mol. The predicted molar refractivity (Wildman–Crippen MR) is 76.8 cm³/mol. The molecule has 1 atom stereocenters. The molecule has 0 aliphatic carbocycles. The molecule has 0 aromatic carbocycles. The number of hydrogen-bond donors (Lipinski definition) is 1. The number of thiazole rings is 1. The van der Waals surface area contributed by atoms with Crippen molar-refractivity contribution in [1.29, 1.82) is 0 Å². The number of aryl methyl sites for hydroxylation is 2. The highest BCUT2D eigenvalue weighted by Crippen LogP contribution is 2.29. The van der Waals surface area contributed by atoms with Crippen molar-refractivity contribution in [3.05, 3.63) is 15.6 Å². The van der Waals surface area contributed by atoms with E-state index < -0.39 is 6.04 Å². The Bertz CT molecular complexity index is 537. The van der Waals surface area contributed by atoms with Gasteiger partial charge in [0.2, 0.25) is 0 Å². The van der Waals surface area contributed by atoms with Gasteiger partial charge in [-0.3, -0.25) is 4.79 Å². The molecule has 2 heterocycles. The number of esters is 1. The first-order chi connectivity index (χ1) is 9.35. The van der Waals surface area contributed by atoms with Crippen LogP contribution in [0.5, 0.6) is 0 Å². The average Bonchev–Trinajstić information content (AvgIpc) is 2.84. The smallest absolute Gasteiger partial charge is 0.329 e. The summed E-state index contributed by atoms with van der Waals surface area (Å²) in [4.78, 5) is 29.0. The van der Waals surface area contributed by atoms with E-state index in [1.165, 1.54) is 11.3 Å². The van der Waals surface area contributed by atoms with Crippen molar-refractivity contribution >= 4 is 23.2 Å². The van der Waals surface area contributed by atoms with Crippen LogP contribution in [-0.2, 0) is 16.0 Å². The van der Waals surface area contributed by atoms with Crippen LogP contribution in [0.1, 0.15) is 47.6 Å². The fourth-order valence-corrected chi connectivity index (χ4v) is 3.25. The maximum absolute atomic E-state index is 12.3. The zero-order valence-corrected chi connectivity index (χ0v) is 13.1. The van der Waals surface area contributed by atoms with E-state index in [1.807, 2.05) is 20.8 Å². The number of ether oxygens (including phenoxy) is 1. The highest BCUT2D eigenvalue weighted by atomic mass is 32.1. The Morgan fingerprint density at radius 1 is 1.55 bits per heavy atom. The molecule has 1 fully saturated rings. The van der Waals surface area contributed by atoms with Crippen LogP contribution in [0.2, 0.25) is 0 Å². The van der Waals surface area contributed by atoms with Gasteiger partial charge >= 0.3 is 5.97 Å². The molecule has 110 valence electrons. The summed E-state index contributed by atoms with van der Waals surface area (Å²) < 4.78 is 5.03. The Morgan fingerprint density at radius 2 is 2.25 bits per heavy atom. The molecular formula is C14H20N2O3S. The fourth-order valence-electron chi connectivity index (χ4n) is 2.18. The van der Waals surface area contributed by atoms with E-state index in [9.17, 15) is 9.59 Å². The first-order valence-corrected chi connectivity index (χ1v) is 7.60. The quantitative estimate of drug-likeness (QED) is 0.864. The van der Waals surface area contributed by atoms with Gasteiger partial charge in [-0.2, -0.15) is 0 Å². The number of rotatable bonds is 4. The van der Waals surface area contributed by atoms with Gasteiger partial charge in [0, 0.05) is 5.41 Å². The number of carbonyl (C=O) groups excluding carboxylic acids is 2. The number of amides is 1. The zero-order chi connectivity index (χ0) is 14.9. The molecule has 1 amide bonds. The van der Waals surface area contributed by atoms with Gasteiger partial charge < -0.3 is 10.1 Å². The first kappa shape index (κ1) is 15.0. The summed E-state index contributed by atoms with van der Waals surface area (Å²) in [5, 5.41) is 3.75. The molecule has 0 unspecified atom stereocenters. The molecule has 0 radical (unpaired) electrons. The Hall–Kier alpha value is -1.43. The summed E-state index contributed by atoms with van der Waals surface area (Å²) in [5.74, 6) is -0.599. The number of aromatic nitrogens is 1. The van der Waals surface area contributed by atoms with Gasteiger partial charge in [0.05, 0.1) is 17.3 Å². The molecule has 0 spiro atoms. The Morgan fingerprint density at radius 3 is 2.80 bits per heavy atom. The number of carbonyl (C=O) groups is 2. The molecule has 6 heteroatoms. The maximum Gasteiger partial charge on any atom is 0.329 e. The van der Waals surface area contributed by atoms with Crippen LogP contribution >= 0.6 is 11.3 Å². The zero-order valence-electron chi connectivity index (χ0n) is 12.3. The predicted octanol–water partition coefficient (Wildman–Crippen LogP) is 2.09. The average molecular weight is 296 g/mol. The number of nitrogens with zero attached hydrogens (tertiary/aromatic N) is 1. The summed E-state index contributed by atoms with van der Waals surface area (Å²) in [7, 11) is 0. The molecule has 2 rings (SSSR count). The molecule has 20 heavy (non-hydrogen) atoms. The molecule has 1 aromatic heterocycles. The van der Waals surface area contributed by atoms with E-state index in [4.69, 9.17) is 4.74 Å². The van der Waals surface area contributed by atoms with Gasteiger partial charge in [-0.1, -0.05) is 20.8 Å². The monoisotopic (exact) mass is 296 g/mol. The highest BCUT2D eigenvalue weighted by Gasteiger charge is 2.44. The van der Waals surface area contributed by atoms with Gasteiger partial charge in [0.25, 0.3) is 5.91 Å². The topological polar surface area (TPSA) is 68.3 Å². The second-order valence-electron chi connectivity index (χ2n) is 5.77. The standard InChI is InChI=1S/C14H20N2O3S/c1-5-6-9-15-8(2)10(20-9)12(17)16-11-13(18)19-7-14(11,3)4/h11H,5-7H2,1-4H3,(H,16,17)/t11-/m1/s1. The van der Waals surface area contributed by atoms with Crippen LogP contribution in [0.25, 0.3) is 0 Å². The molecule has 1 aliphatic rings. The lowest BCUT2D eigenvalue weighted by atomic mass is 9.87. The third-order valence-electron chi connectivity index (χ3n) is 3.39. The minimum absolute atomic E-state index is 0.237. The highest BCUT2D eigenvalue weighted by molar-refractivity contribution is 7.13. The largest absolute Gasteiger partial charge is 0.463 e. The first-order valence-electron chi connectivity index (χ1n) is 6.79.